The second kappa shape index (κ2) is 4.43. The summed E-state index contributed by atoms with van der Waals surface area (Å²) >= 11 is 0. The second-order valence-electron chi connectivity index (χ2n) is 5.18. The van der Waals surface area contributed by atoms with E-state index in [2.05, 4.69) is 37.9 Å². The Labute approximate surface area is 82.7 Å². The number of nitrogens with zero attached hydrogens (tertiary/aromatic N) is 1. The monoisotopic (exact) mass is 184 g/mol. The normalized spacial score (nSPS) is 30.0. The van der Waals surface area contributed by atoms with Crippen LogP contribution in [0.15, 0.2) is 0 Å². The minimum Gasteiger partial charge on any atom is -0.312 e. The minimum atomic E-state index is 0.430. The van der Waals surface area contributed by atoms with E-state index in [4.69, 9.17) is 0 Å². The molecule has 0 aromatic rings. The molecule has 1 atom stereocenters. The summed E-state index contributed by atoms with van der Waals surface area (Å²) in [5.41, 5.74) is 0.430. The van der Waals surface area contributed by atoms with E-state index < -0.39 is 0 Å². The highest BCUT2D eigenvalue weighted by molar-refractivity contribution is 4.83. The maximum Gasteiger partial charge on any atom is 0.0166 e. The van der Waals surface area contributed by atoms with Gasteiger partial charge in [-0.3, -0.25) is 0 Å². The molecule has 0 saturated carbocycles. The van der Waals surface area contributed by atoms with Crippen molar-refractivity contribution < 1.29 is 0 Å². The molecule has 0 bridgehead atoms. The van der Waals surface area contributed by atoms with E-state index in [0.717, 1.165) is 6.54 Å². The van der Waals surface area contributed by atoms with Crippen LogP contribution in [-0.2, 0) is 0 Å². The molecule has 1 aliphatic heterocycles. The van der Waals surface area contributed by atoms with Crippen molar-refractivity contribution in [2.75, 3.05) is 26.2 Å². The first kappa shape index (κ1) is 11.0. The minimum absolute atomic E-state index is 0.430. The molecule has 78 valence electrons. The van der Waals surface area contributed by atoms with Gasteiger partial charge in [-0.05, 0) is 25.3 Å². The molecule has 0 aliphatic carbocycles. The van der Waals surface area contributed by atoms with Crippen molar-refractivity contribution in [3.05, 3.63) is 0 Å². The summed E-state index contributed by atoms with van der Waals surface area (Å²) in [6, 6.07) is 0.647. The lowest BCUT2D eigenvalue weighted by molar-refractivity contribution is 0.203. The van der Waals surface area contributed by atoms with Gasteiger partial charge in [-0.2, -0.15) is 0 Å². The molecule has 1 fully saturated rings. The van der Waals surface area contributed by atoms with Gasteiger partial charge in [0.05, 0.1) is 0 Å². The zero-order valence-electron chi connectivity index (χ0n) is 9.56. The van der Waals surface area contributed by atoms with Crippen molar-refractivity contribution in [3.8, 4) is 0 Å². The maximum atomic E-state index is 3.58. The van der Waals surface area contributed by atoms with Crippen LogP contribution in [0.3, 0.4) is 0 Å². The highest BCUT2D eigenvalue weighted by Crippen LogP contribution is 2.19. The number of rotatable bonds is 2. The Kier molecular flexibility index (Phi) is 3.74. The highest BCUT2D eigenvalue weighted by atomic mass is 15.2. The van der Waals surface area contributed by atoms with Gasteiger partial charge in [-0.1, -0.05) is 20.8 Å². The summed E-state index contributed by atoms with van der Waals surface area (Å²) < 4.78 is 0. The fourth-order valence-electron chi connectivity index (χ4n) is 2.11. The Morgan fingerprint density at radius 2 is 2.15 bits per heavy atom. The molecule has 0 aromatic carbocycles. The standard InChI is InChI=1S/C11H24N2/c1-5-6-13-7-10(2)12-8-11(3,4)9-13/h10,12H,5-9H2,1-4H3. The average Bonchev–Trinajstić information content (AvgIpc) is 2.11. The van der Waals surface area contributed by atoms with Crippen LogP contribution in [0.25, 0.3) is 0 Å². The molecule has 0 aromatic heterocycles. The molecular weight excluding hydrogens is 160 g/mol. The molecule has 2 nitrogen and oxygen atoms in total. The fraction of sp³-hybridized carbons (Fsp3) is 1.00. The first-order valence-electron chi connectivity index (χ1n) is 5.49. The van der Waals surface area contributed by atoms with Crippen molar-refractivity contribution in [3.63, 3.8) is 0 Å². The first-order chi connectivity index (χ1) is 6.03. The average molecular weight is 184 g/mol. The van der Waals surface area contributed by atoms with Crippen LogP contribution in [0, 0.1) is 5.41 Å². The van der Waals surface area contributed by atoms with Gasteiger partial charge in [0.1, 0.15) is 0 Å². The van der Waals surface area contributed by atoms with E-state index >= 15 is 0 Å². The zero-order valence-corrected chi connectivity index (χ0v) is 9.56. The molecule has 1 N–H and O–H groups in total. The highest BCUT2D eigenvalue weighted by Gasteiger charge is 2.26. The summed E-state index contributed by atoms with van der Waals surface area (Å²) in [6.07, 6.45) is 1.27. The Morgan fingerprint density at radius 1 is 1.46 bits per heavy atom. The lowest BCUT2D eigenvalue weighted by Crippen LogP contribution is -2.36. The third kappa shape index (κ3) is 3.65. The van der Waals surface area contributed by atoms with Crippen LogP contribution in [0.5, 0.6) is 0 Å². The van der Waals surface area contributed by atoms with Crippen molar-refractivity contribution in [2.45, 2.75) is 40.2 Å². The van der Waals surface area contributed by atoms with E-state index in [1.807, 2.05) is 0 Å². The molecule has 1 saturated heterocycles. The topological polar surface area (TPSA) is 15.3 Å². The molecule has 1 aliphatic rings. The predicted octanol–water partition coefficient (Wildman–Crippen LogP) is 1.72. The number of hydrogen-bond donors (Lipinski definition) is 1. The van der Waals surface area contributed by atoms with Crippen LogP contribution >= 0.6 is 0 Å². The van der Waals surface area contributed by atoms with Gasteiger partial charge in [-0.15, -0.1) is 0 Å². The van der Waals surface area contributed by atoms with Crippen molar-refractivity contribution in [1.82, 2.24) is 10.2 Å². The number of nitrogens with one attached hydrogen (secondary N) is 1. The number of hydrogen-bond acceptors (Lipinski definition) is 2. The van der Waals surface area contributed by atoms with Crippen molar-refractivity contribution in [1.29, 1.82) is 0 Å². The van der Waals surface area contributed by atoms with Gasteiger partial charge < -0.3 is 10.2 Å². The van der Waals surface area contributed by atoms with E-state index in [1.165, 1.54) is 26.1 Å². The summed E-state index contributed by atoms with van der Waals surface area (Å²) in [5, 5.41) is 3.58. The summed E-state index contributed by atoms with van der Waals surface area (Å²) in [5.74, 6) is 0. The largest absolute Gasteiger partial charge is 0.312 e. The summed E-state index contributed by atoms with van der Waals surface area (Å²) in [6.45, 7) is 14.1. The molecule has 0 radical (unpaired) electrons. The molecule has 1 heterocycles. The van der Waals surface area contributed by atoms with Crippen molar-refractivity contribution in [2.24, 2.45) is 5.41 Å². The first-order valence-corrected chi connectivity index (χ1v) is 5.49. The van der Waals surface area contributed by atoms with Crippen LogP contribution in [-0.4, -0.2) is 37.1 Å². The van der Waals surface area contributed by atoms with Gasteiger partial charge in [0.2, 0.25) is 0 Å². The maximum absolute atomic E-state index is 3.58. The predicted molar refractivity (Wildman–Crippen MR) is 58.0 cm³/mol. The molecule has 0 spiro atoms. The molecule has 0 amide bonds. The van der Waals surface area contributed by atoms with Gasteiger partial charge in [0.25, 0.3) is 0 Å². The lowest BCUT2D eigenvalue weighted by Gasteiger charge is -2.28. The second-order valence-corrected chi connectivity index (χ2v) is 5.18. The van der Waals surface area contributed by atoms with Crippen LogP contribution in [0.4, 0.5) is 0 Å². The molecule has 1 rings (SSSR count). The molecule has 1 unspecified atom stereocenters. The van der Waals surface area contributed by atoms with E-state index in [0.29, 0.717) is 11.5 Å². The molecular formula is C11H24N2. The van der Waals surface area contributed by atoms with Crippen LogP contribution in [0.1, 0.15) is 34.1 Å². The molecule has 13 heavy (non-hydrogen) atoms. The van der Waals surface area contributed by atoms with Gasteiger partial charge in [0, 0.05) is 25.7 Å². The third-order valence-electron chi connectivity index (χ3n) is 2.65. The van der Waals surface area contributed by atoms with Gasteiger partial charge in [-0.25, -0.2) is 0 Å². The van der Waals surface area contributed by atoms with E-state index in [9.17, 15) is 0 Å². The van der Waals surface area contributed by atoms with Crippen LogP contribution < -0.4 is 5.32 Å². The Balaban J connectivity index is 2.52. The zero-order chi connectivity index (χ0) is 9.90. The van der Waals surface area contributed by atoms with Gasteiger partial charge >= 0.3 is 0 Å². The Hall–Kier alpha value is -0.0800. The fourth-order valence-corrected chi connectivity index (χ4v) is 2.11. The lowest BCUT2D eigenvalue weighted by atomic mass is 9.93. The van der Waals surface area contributed by atoms with Crippen LogP contribution in [0.2, 0.25) is 0 Å². The summed E-state index contributed by atoms with van der Waals surface area (Å²) in [7, 11) is 0. The quantitative estimate of drug-likeness (QED) is 0.703. The Morgan fingerprint density at radius 3 is 2.77 bits per heavy atom. The smallest absolute Gasteiger partial charge is 0.0166 e. The van der Waals surface area contributed by atoms with E-state index in [1.54, 1.807) is 0 Å². The SMILES string of the molecule is CCCN1CC(C)NCC(C)(C)C1. The van der Waals surface area contributed by atoms with Crippen molar-refractivity contribution >= 4 is 0 Å². The Bertz CT molecular complexity index is 154. The summed E-state index contributed by atoms with van der Waals surface area (Å²) in [4.78, 5) is 2.59. The van der Waals surface area contributed by atoms with E-state index in [-0.39, 0.29) is 0 Å². The van der Waals surface area contributed by atoms with Gasteiger partial charge in [0.15, 0.2) is 0 Å². The molecule has 2 heteroatoms. The third-order valence-corrected chi connectivity index (χ3v) is 2.65.